The third-order valence-corrected chi connectivity index (χ3v) is 6.44. The van der Waals surface area contributed by atoms with E-state index in [0.29, 0.717) is 31.1 Å². The van der Waals surface area contributed by atoms with Gasteiger partial charge in [0.25, 0.3) is 5.91 Å². The monoisotopic (exact) mass is 451 g/mol. The van der Waals surface area contributed by atoms with Gasteiger partial charge in [0.15, 0.2) is 5.76 Å². The van der Waals surface area contributed by atoms with Gasteiger partial charge in [0.1, 0.15) is 11.5 Å². The van der Waals surface area contributed by atoms with Crippen LogP contribution in [0.4, 0.5) is 0 Å². The van der Waals surface area contributed by atoms with Crippen molar-refractivity contribution in [2.24, 2.45) is 0 Å². The van der Waals surface area contributed by atoms with E-state index in [1.165, 1.54) is 16.0 Å². The van der Waals surface area contributed by atoms with E-state index in [-0.39, 0.29) is 11.3 Å². The summed E-state index contributed by atoms with van der Waals surface area (Å²) in [6.07, 6.45) is 0.703. The maximum atomic E-state index is 12.5. The number of carbonyl (C=O) groups is 1. The summed E-state index contributed by atoms with van der Waals surface area (Å²) in [7, 11) is 0. The molecule has 1 aromatic heterocycles. The van der Waals surface area contributed by atoms with Gasteiger partial charge in [0.2, 0.25) is 0 Å². The summed E-state index contributed by atoms with van der Waals surface area (Å²) in [5, 5.41) is 2.94. The van der Waals surface area contributed by atoms with Crippen LogP contribution in [0, 0.1) is 6.92 Å². The number of aryl methyl sites for hydroxylation is 1. The van der Waals surface area contributed by atoms with E-state index in [2.05, 4.69) is 51.2 Å². The van der Waals surface area contributed by atoms with Gasteiger partial charge in [-0.3, -0.25) is 4.79 Å². The van der Waals surface area contributed by atoms with Crippen molar-refractivity contribution < 1.29 is 13.9 Å². The molecule has 1 heterocycles. The van der Waals surface area contributed by atoms with E-state index in [1.54, 1.807) is 17.8 Å². The average molecular weight is 452 g/mol. The fourth-order valence-electron chi connectivity index (χ4n) is 3.35. The Morgan fingerprint density at radius 3 is 2.62 bits per heavy atom. The van der Waals surface area contributed by atoms with Crippen molar-refractivity contribution in [3.63, 3.8) is 0 Å². The Bertz CT molecular complexity index is 1050. The molecule has 0 radical (unpaired) electrons. The predicted octanol–water partition coefficient (Wildman–Crippen LogP) is 6.55. The summed E-state index contributed by atoms with van der Waals surface area (Å²) in [5.74, 6) is 2.50. The Morgan fingerprint density at radius 2 is 1.88 bits per heavy atom. The first-order valence-corrected chi connectivity index (χ1v) is 12.1. The molecular weight excluding hydrogens is 418 g/mol. The minimum atomic E-state index is -0.193. The second-order valence-electron chi connectivity index (χ2n) is 8.83. The molecule has 0 fully saturated rings. The molecule has 170 valence electrons. The first kappa shape index (κ1) is 24.0. The van der Waals surface area contributed by atoms with Gasteiger partial charge >= 0.3 is 0 Å². The third kappa shape index (κ3) is 6.42. The summed E-state index contributed by atoms with van der Waals surface area (Å²) < 4.78 is 11.5. The second-order valence-corrected chi connectivity index (χ2v) is 9.85. The molecule has 2 aromatic carbocycles. The standard InChI is InChI=1S/C27H33NO3S/c1-6-30-23-10-8-7-9-20(23)15-16-28-26(29)24-14-13-22(31-24)18-32-25-17-21(27(3,4)5)12-11-19(25)2/h7-14,17H,6,15-16,18H2,1-5H3,(H,28,29). The SMILES string of the molecule is CCOc1ccccc1CCNC(=O)c1ccc(CSc2cc(C(C)(C)C)ccc2C)o1. The Kier molecular flexibility index (Phi) is 8.08. The zero-order valence-corrected chi connectivity index (χ0v) is 20.5. The lowest BCUT2D eigenvalue weighted by molar-refractivity contribution is 0.0925. The van der Waals surface area contributed by atoms with E-state index in [1.807, 2.05) is 37.3 Å². The van der Waals surface area contributed by atoms with Crippen molar-refractivity contribution in [1.82, 2.24) is 5.32 Å². The van der Waals surface area contributed by atoms with E-state index in [0.717, 1.165) is 17.1 Å². The number of amides is 1. The molecule has 0 atom stereocenters. The van der Waals surface area contributed by atoms with Gasteiger partial charge in [-0.25, -0.2) is 0 Å². The fourth-order valence-corrected chi connectivity index (χ4v) is 4.31. The minimum absolute atomic E-state index is 0.113. The van der Waals surface area contributed by atoms with Crippen molar-refractivity contribution in [2.75, 3.05) is 13.2 Å². The highest BCUT2D eigenvalue weighted by Crippen LogP contribution is 2.31. The van der Waals surface area contributed by atoms with Crippen molar-refractivity contribution in [3.05, 3.63) is 82.8 Å². The zero-order valence-electron chi connectivity index (χ0n) is 19.7. The van der Waals surface area contributed by atoms with Crippen LogP contribution >= 0.6 is 11.8 Å². The molecule has 3 rings (SSSR count). The molecule has 0 spiro atoms. The molecule has 0 aliphatic heterocycles. The smallest absolute Gasteiger partial charge is 0.287 e. The number of thioether (sulfide) groups is 1. The lowest BCUT2D eigenvalue weighted by atomic mass is 9.87. The molecule has 0 aliphatic rings. The van der Waals surface area contributed by atoms with E-state index < -0.39 is 0 Å². The van der Waals surface area contributed by atoms with Gasteiger partial charge < -0.3 is 14.5 Å². The number of benzene rings is 2. The lowest BCUT2D eigenvalue weighted by Gasteiger charge is -2.20. The van der Waals surface area contributed by atoms with Crippen LogP contribution in [0.25, 0.3) is 0 Å². The molecule has 3 aromatic rings. The molecule has 0 saturated carbocycles. The Hall–Kier alpha value is -2.66. The van der Waals surface area contributed by atoms with Gasteiger partial charge in [0.05, 0.1) is 12.4 Å². The number of nitrogens with one attached hydrogen (secondary N) is 1. The number of rotatable bonds is 9. The zero-order chi connectivity index (χ0) is 23.1. The number of furan rings is 1. The first-order chi connectivity index (χ1) is 15.3. The van der Waals surface area contributed by atoms with Crippen LogP contribution in [0.5, 0.6) is 5.75 Å². The quantitative estimate of drug-likeness (QED) is 0.375. The summed E-state index contributed by atoms with van der Waals surface area (Å²) >= 11 is 1.74. The maximum Gasteiger partial charge on any atom is 0.287 e. The minimum Gasteiger partial charge on any atom is -0.494 e. The number of ether oxygens (including phenoxy) is 1. The Balaban J connectivity index is 1.54. The largest absolute Gasteiger partial charge is 0.494 e. The van der Waals surface area contributed by atoms with Crippen molar-refractivity contribution >= 4 is 17.7 Å². The highest BCUT2D eigenvalue weighted by atomic mass is 32.2. The molecule has 0 saturated heterocycles. The number of hydrogen-bond donors (Lipinski definition) is 1. The topological polar surface area (TPSA) is 51.5 Å². The Morgan fingerprint density at radius 1 is 1.09 bits per heavy atom. The number of carbonyl (C=O) groups excluding carboxylic acids is 1. The van der Waals surface area contributed by atoms with Crippen LogP contribution in [-0.4, -0.2) is 19.1 Å². The summed E-state index contributed by atoms with van der Waals surface area (Å²) in [6.45, 7) is 11.9. The highest BCUT2D eigenvalue weighted by molar-refractivity contribution is 7.98. The van der Waals surface area contributed by atoms with Crippen LogP contribution < -0.4 is 10.1 Å². The van der Waals surface area contributed by atoms with Gasteiger partial charge in [-0.05, 0) is 66.6 Å². The second kappa shape index (κ2) is 10.8. The maximum absolute atomic E-state index is 12.5. The molecule has 0 aliphatic carbocycles. The van der Waals surface area contributed by atoms with E-state index in [4.69, 9.17) is 9.15 Å². The van der Waals surface area contributed by atoms with Crippen LogP contribution in [-0.2, 0) is 17.6 Å². The molecule has 0 unspecified atom stereocenters. The molecule has 4 nitrogen and oxygen atoms in total. The van der Waals surface area contributed by atoms with Crippen molar-refractivity contribution in [1.29, 1.82) is 0 Å². The van der Waals surface area contributed by atoms with Crippen LogP contribution in [0.3, 0.4) is 0 Å². The molecule has 5 heteroatoms. The summed E-state index contributed by atoms with van der Waals surface area (Å²) in [5.41, 5.74) is 3.76. The van der Waals surface area contributed by atoms with E-state index in [9.17, 15) is 4.79 Å². The van der Waals surface area contributed by atoms with Crippen LogP contribution in [0.2, 0.25) is 0 Å². The van der Waals surface area contributed by atoms with Gasteiger partial charge in [0, 0.05) is 11.4 Å². The van der Waals surface area contributed by atoms with Crippen LogP contribution in [0.15, 0.2) is 63.9 Å². The highest BCUT2D eigenvalue weighted by Gasteiger charge is 2.16. The lowest BCUT2D eigenvalue weighted by Crippen LogP contribution is -2.25. The number of hydrogen-bond acceptors (Lipinski definition) is 4. The van der Waals surface area contributed by atoms with Gasteiger partial charge in [-0.2, -0.15) is 0 Å². The van der Waals surface area contributed by atoms with Gasteiger partial charge in [-0.1, -0.05) is 51.1 Å². The molecule has 0 bridgehead atoms. The van der Waals surface area contributed by atoms with Gasteiger partial charge in [-0.15, -0.1) is 11.8 Å². The summed E-state index contributed by atoms with van der Waals surface area (Å²) in [6, 6.07) is 18.2. The molecule has 32 heavy (non-hydrogen) atoms. The molecular formula is C27H33NO3S. The molecule has 1 N–H and O–H groups in total. The normalized spacial score (nSPS) is 11.4. The number of para-hydroxylation sites is 1. The summed E-state index contributed by atoms with van der Waals surface area (Å²) in [4.78, 5) is 13.7. The Labute approximate surface area is 195 Å². The molecule has 1 amide bonds. The fraction of sp³-hybridized carbons (Fsp3) is 0.370. The average Bonchev–Trinajstić information content (AvgIpc) is 3.23. The van der Waals surface area contributed by atoms with E-state index >= 15 is 0 Å². The predicted molar refractivity (Wildman–Crippen MR) is 132 cm³/mol. The van der Waals surface area contributed by atoms with Crippen LogP contribution in [0.1, 0.15) is 60.7 Å². The van der Waals surface area contributed by atoms with Crippen molar-refractivity contribution in [2.45, 2.75) is 57.1 Å². The van der Waals surface area contributed by atoms with Crippen molar-refractivity contribution in [3.8, 4) is 5.75 Å². The first-order valence-electron chi connectivity index (χ1n) is 11.1. The third-order valence-electron chi connectivity index (χ3n) is 5.26.